The van der Waals surface area contributed by atoms with Gasteiger partial charge in [0.2, 0.25) is 0 Å². The lowest BCUT2D eigenvalue weighted by Gasteiger charge is -2.07. The average Bonchev–Trinajstić information content (AvgIpc) is 2.34. The number of nitrogens with zero attached hydrogens (tertiary/aromatic N) is 6. The second kappa shape index (κ2) is 7.17. The number of azide groups is 2. The van der Waals surface area contributed by atoms with Crippen molar-refractivity contribution in [2.45, 2.75) is 18.9 Å². The number of hydrogen-bond donors (Lipinski definition) is 0. The van der Waals surface area contributed by atoms with Gasteiger partial charge in [-0.3, -0.25) is 0 Å². The van der Waals surface area contributed by atoms with Gasteiger partial charge >= 0.3 is 0 Å². The Morgan fingerprint density at radius 2 is 1.88 bits per heavy atom. The smallest absolute Gasteiger partial charge is 0.0433 e. The first-order valence-corrected chi connectivity index (χ1v) is 4.96. The molecule has 1 atom stereocenters. The van der Waals surface area contributed by atoms with Crippen molar-refractivity contribution < 1.29 is 0 Å². The topological polar surface area (TPSA) is 97.5 Å². The molecule has 0 spiro atoms. The molecule has 0 fully saturated rings. The van der Waals surface area contributed by atoms with Gasteiger partial charge in [-0.25, -0.2) is 0 Å². The van der Waals surface area contributed by atoms with Gasteiger partial charge in [-0.15, -0.1) is 0 Å². The van der Waals surface area contributed by atoms with Crippen LogP contribution in [0.15, 0.2) is 40.6 Å². The molecule has 6 nitrogen and oxygen atoms in total. The average molecular weight is 216 g/mol. The van der Waals surface area contributed by atoms with E-state index in [-0.39, 0.29) is 12.6 Å². The van der Waals surface area contributed by atoms with Crippen molar-refractivity contribution in [3.63, 3.8) is 0 Å². The first-order chi connectivity index (χ1) is 7.86. The molecule has 0 saturated heterocycles. The molecule has 0 aliphatic rings. The fourth-order valence-corrected chi connectivity index (χ4v) is 1.37. The van der Waals surface area contributed by atoms with E-state index < -0.39 is 0 Å². The van der Waals surface area contributed by atoms with Crippen LogP contribution in [-0.2, 0) is 6.42 Å². The van der Waals surface area contributed by atoms with Crippen molar-refractivity contribution in [2.24, 2.45) is 10.2 Å². The molecule has 0 saturated carbocycles. The van der Waals surface area contributed by atoms with Crippen LogP contribution in [0.4, 0.5) is 0 Å². The van der Waals surface area contributed by atoms with Gasteiger partial charge in [-0.1, -0.05) is 40.6 Å². The number of benzene rings is 1. The predicted molar refractivity (Wildman–Crippen MR) is 61.7 cm³/mol. The van der Waals surface area contributed by atoms with Crippen LogP contribution in [0.2, 0.25) is 0 Å². The van der Waals surface area contributed by atoms with Gasteiger partial charge in [0.1, 0.15) is 0 Å². The Morgan fingerprint density at radius 1 is 1.12 bits per heavy atom. The van der Waals surface area contributed by atoms with Crippen LogP contribution in [0.3, 0.4) is 0 Å². The zero-order valence-corrected chi connectivity index (χ0v) is 8.77. The Hall–Kier alpha value is -2.16. The third-order valence-corrected chi connectivity index (χ3v) is 2.18. The molecule has 1 aromatic rings. The van der Waals surface area contributed by atoms with Crippen molar-refractivity contribution in [2.75, 3.05) is 6.54 Å². The van der Waals surface area contributed by atoms with Gasteiger partial charge in [0.15, 0.2) is 0 Å². The maximum atomic E-state index is 8.36. The van der Waals surface area contributed by atoms with Gasteiger partial charge in [0.25, 0.3) is 0 Å². The molecule has 0 amide bonds. The lowest BCUT2D eigenvalue weighted by Crippen LogP contribution is -2.08. The highest BCUT2D eigenvalue weighted by Gasteiger charge is 2.04. The number of aryl methyl sites for hydroxylation is 1. The van der Waals surface area contributed by atoms with E-state index in [1.165, 1.54) is 5.56 Å². The summed E-state index contributed by atoms with van der Waals surface area (Å²) >= 11 is 0. The SMILES string of the molecule is [N-]=[N+]=NCC(CCc1ccccc1)N=[N+]=[N-]. The highest BCUT2D eigenvalue weighted by molar-refractivity contribution is 5.14. The summed E-state index contributed by atoms with van der Waals surface area (Å²) < 4.78 is 0. The van der Waals surface area contributed by atoms with Crippen molar-refractivity contribution >= 4 is 0 Å². The summed E-state index contributed by atoms with van der Waals surface area (Å²) in [5.41, 5.74) is 17.7. The molecule has 0 N–H and O–H groups in total. The number of hydrogen-bond acceptors (Lipinski definition) is 2. The lowest BCUT2D eigenvalue weighted by atomic mass is 10.1. The molecule has 0 bridgehead atoms. The van der Waals surface area contributed by atoms with Gasteiger partial charge in [-0.2, -0.15) is 0 Å². The Morgan fingerprint density at radius 3 is 2.50 bits per heavy atom. The van der Waals surface area contributed by atoms with E-state index in [2.05, 4.69) is 20.1 Å². The van der Waals surface area contributed by atoms with Crippen molar-refractivity contribution in [3.05, 3.63) is 56.8 Å². The quantitative estimate of drug-likeness (QED) is 0.394. The third kappa shape index (κ3) is 4.37. The molecule has 0 heterocycles. The lowest BCUT2D eigenvalue weighted by molar-refractivity contribution is 0.617. The Labute approximate surface area is 93.2 Å². The van der Waals surface area contributed by atoms with Crippen LogP contribution < -0.4 is 0 Å². The minimum atomic E-state index is -0.263. The second-order valence-electron chi connectivity index (χ2n) is 3.30. The molecule has 6 heteroatoms. The van der Waals surface area contributed by atoms with Crippen LogP contribution in [0.25, 0.3) is 20.9 Å². The number of rotatable bonds is 6. The fraction of sp³-hybridized carbons (Fsp3) is 0.400. The van der Waals surface area contributed by atoms with Gasteiger partial charge < -0.3 is 0 Å². The molecule has 1 unspecified atom stereocenters. The molecule has 16 heavy (non-hydrogen) atoms. The Balaban J connectivity index is 2.49. The monoisotopic (exact) mass is 216 g/mol. The van der Waals surface area contributed by atoms with Crippen molar-refractivity contribution in [1.82, 2.24) is 0 Å². The minimum absolute atomic E-state index is 0.216. The van der Waals surface area contributed by atoms with Gasteiger partial charge in [0.05, 0.1) is 0 Å². The van der Waals surface area contributed by atoms with Gasteiger partial charge in [0, 0.05) is 22.4 Å². The van der Waals surface area contributed by atoms with E-state index in [1.54, 1.807) is 0 Å². The highest BCUT2D eigenvalue weighted by atomic mass is 15.2. The van der Waals surface area contributed by atoms with Crippen LogP contribution in [0, 0.1) is 0 Å². The standard InChI is InChI=1S/C10H12N6/c11-15-13-8-10(14-16-12)7-6-9-4-2-1-3-5-9/h1-5,10H,6-8H2. The van der Waals surface area contributed by atoms with Crippen molar-refractivity contribution in [1.29, 1.82) is 0 Å². The van der Waals surface area contributed by atoms with Crippen LogP contribution in [0.5, 0.6) is 0 Å². The normalized spacial score (nSPS) is 11.0. The molecule has 82 valence electrons. The zero-order valence-electron chi connectivity index (χ0n) is 8.77. The zero-order chi connectivity index (χ0) is 11.6. The van der Waals surface area contributed by atoms with E-state index in [4.69, 9.17) is 11.1 Å². The first-order valence-electron chi connectivity index (χ1n) is 4.96. The van der Waals surface area contributed by atoms with Crippen molar-refractivity contribution in [3.8, 4) is 0 Å². The summed E-state index contributed by atoms with van der Waals surface area (Å²) in [6, 6.07) is 9.65. The summed E-state index contributed by atoms with van der Waals surface area (Å²) in [5, 5.41) is 7.01. The molecule has 0 radical (unpaired) electrons. The predicted octanol–water partition coefficient (Wildman–Crippen LogP) is 3.61. The maximum Gasteiger partial charge on any atom is 0.0433 e. The van der Waals surface area contributed by atoms with E-state index in [9.17, 15) is 0 Å². The third-order valence-electron chi connectivity index (χ3n) is 2.18. The summed E-state index contributed by atoms with van der Waals surface area (Å²) in [7, 11) is 0. The van der Waals surface area contributed by atoms with E-state index in [0.29, 0.717) is 6.42 Å². The Kier molecular flexibility index (Phi) is 5.34. The first kappa shape index (κ1) is 11.9. The molecule has 0 aromatic heterocycles. The van der Waals surface area contributed by atoms with Crippen LogP contribution >= 0.6 is 0 Å². The molecule has 1 aromatic carbocycles. The van der Waals surface area contributed by atoms with Gasteiger partial charge in [-0.05, 0) is 29.5 Å². The molecule has 0 aliphatic heterocycles. The second-order valence-corrected chi connectivity index (χ2v) is 3.30. The summed E-state index contributed by atoms with van der Waals surface area (Å²) in [5.74, 6) is 0. The molecular formula is C10H12N6. The largest absolute Gasteiger partial charge is 0.0936 e. The minimum Gasteiger partial charge on any atom is -0.0936 e. The van der Waals surface area contributed by atoms with E-state index >= 15 is 0 Å². The summed E-state index contributed by atoms with van der Waals surface area (Å²) in [6.45, 7) is 0.216. The summed E-state index contributed by atoms with van der Waals surface area (Å²) in [6.07, 6.45) is 1.50. The molecular weight excluding hydrogens is 204 g/mol. The Bertz CT molecular complexity index is 403. The van der Waals surface area contributed by atoms with E-state index in [0.717, 1.165) is 6.42 Å². The van der Waals surface area contributed by atoms with Crippen LogP contribution in [-0.4, -0.2) is 12.6 Å². The highest BCUT2D eigenvalue weighted by Crippen LogP contribution is 2.08. The summed E-state index contributed by atoms with van der Waals surface area (Å²) in [4.78, 5) is 5.40. The molecule has 0 aliphatic carbocycles. The maximum absolute atomic E-state index is 8.36. The fourth-order valence-electron chi connectivity index (χ4n) is 1.37. The molecule has 1 rings (SSSR count). The van der Waals surface area contributed by atoms with E-state index in [1.807, 2.05) is 30.3 Å². The van der Waals surface area contributed by atoms with Crippen LogP contribution in [0.1, 0.15) is 12.0 Å².